The van der Waals surface area contributed by atoms with Gasteiger partial charge in [-0.1, -0.05) is 11.6 Å². The first-order chi connectivity index (χ1) is 10.2. The molecule has 1 amide bonds. The predicted molar refractivity (Wildman–Crippen MR) is 86.2 cm³/mol. The third kappa shape index (κ3) is 4.73. The molecule has 1 fully saturated rings. The molecule has 1 aliphatic rings. The summed E-state index contributed by atoms with van der Waals surface area (Å²) >= 11 is 5.88. The Balaban J connectivity index is 1.87. The number of rotatable bonds is 3. The van der Waals surface area contributed by atoms with Crippen LogP contribution >= 0.6 is 11.6 Å². The minimum absolute atomic E-state index is 0.284. The third-order valence-electron chi connectivity index (χ3n) is 3.44. The van der Waals surface area contributed by atoms with E-state index in [9.17, 15) is 4.79 Å². The average molecular weight is 327 g/mol. The molecule has 1 aromatic heterocycles. The lowest BCUT2D eigenvalue weighted by Gasteiger charge is -2.26. The number of nitrogens with zero attached hydrogens (tertiary/aromatic N) is 4. The van der Waals surface area contributed by atoms with Crippen LogP contribution in [0.15, 0.2) is 12.4 Å². The first-order valence-electron chi connectivity index (χ1n) is 7.41. The molecular formula is C15H23ClN4O2. The molecule has 1 aliphatic heterocycles. The second kappa shape index (κ2) is 6.69. The second-order valence-corrected chi connectivity index (χ2v) is 7.05. The van der Waals surface area contributed by atoms with Crippen molar-refractivity contribution in [3.8, 4) is 0 Å². The molecule has 0 bridgehead atoms. The predicted octanol–water partition coefficient (Wildman–Crippen LogP) is 2.82. The summed E-state index contributed by atoms with van der Waals surface area (Å²) < 4.78 is 5.37. The van der Waals surface area contributed by atoms with Gasteiger partial charge in [-0.15, -0.1) is 0 Å². The van der Waals surface area contributed by atoms with E-state index in [1.807, 2.05) is 20.8 Å². The van der Waals surface area contributed by atoms with Crippen LogP contribution < -0.4 is 4.90 Å². The zero-order valence-corrected chi connectivity index (χ0v) is 14.3. The van der Waals surface area contributed by atoms with Gasteiger partial charge in [0.25, 0.3) is 0 Å². The summed E-state index contributed by atoms with van der Waals surface area (Å²) in [4.78, 5) is 24.1. The van der Waals surface area contributed by atoms with Crippen LogP contribution in [0, 0.1) is 5.92 Å². The SMILES string of the molecule is CN(CC1CCN(c2cncc(Cl)n2)C1)C(=O)OC(C)(C)C. The number of anilines is 1. The summed E-state index contributed by atoms with van der Waals surface area (Å²) in [5, 5.41) is 0.395. The van der Waals surface area contributed by atoms with E-state index in [0.29, 0.717) is 17.6 Å². The van der Waals surface area contributed by atoms with Crippen LogP contribution in [-0.4, -0.2) is 53.2 Å². The van der Waals surface area contributed by atoms with Gasteiger partial charge in [0.1, 0.15) is 16.6 Å². The van der Waals surface area contributed by atoms with Crippen molar-refractivity contribution >= 4 is 23.5 Å². The van der Waals surface area contributed by atoms with Gasteiger partial charge >= 0.3 is 6.09 Å². The van der Waals surface area contributed by atoms with E-state index in [4.69, 9.17) is 16.3 Å². The Kier molecular flexibility index (Phi) is 5.11. The number of halogens is 1. The molecular weight excluding hydrogens is 304 g/mol. The van der Waals surface area contributed by atoms with E-state index >= 15 is 0 Å². The van der Waals surface area contributed by atoms with Crippen LogP contribution in [0.2, 0.25) is 5.15 Å². The van der Waals surface area contributed by atoms with E-state index in [1.54, 1.807) is 18.1 Å². The summed E-state index contributed by atoms with van der Waals surface area (Å²) in [5.41, 5.74) is -0.469. The fourth-order valence-corrected chi connectivity index (χ4v) is 2.62. The first-order valence-corrected chi connectivity index (χ1v) is 7.79. The lowest BCUT2D eigenvalue weighted by molar-refractivity contribution is 0.0277. The van der Waals surface area contributed by atoms with Crippen molar-refractivity contribution in [1.29, 1.82) is 0 Å². The maximum Gasteiger partial charge on any atom is 0.410 e. The average Bonchev–Trinajstić information content (AvgIpc) is 2.85. The molecule has 6 nitrogen and oxygen atoms in total. The lowest BCUT2D eigenvalue weighted by atomic mass is 10.1. The maximum atomic E-state index is 12.0. The Morgan fingerprint density at radius 2 is 2.23 bits per heavy atom. The smallest absolute Gasteiger partial charge is 0.410 e. The van der Waals surface area contributed by atoms with Crippen LogP contribution in [0.25, 0.3) is 0 Å². The highest BCUT2D eigenvalue weighted by Crippen LogP contribution is 2.23. The fourth-order valence-electron chi connectivity index (χ4n) is 2.48. The normalized spacial score (nSPS) is 18.4. The number of ether oxygens (including phenoxy) is 1. The fraction of sp³-hybridized carbons (Fsp3) is 0.667. The Bertz CT molecular complexity index is 533. The Morgan fingerprint density at radius 1 is 1.50 bits per heavy atom. The highest BCUT2D eigenvalue weighted by molar-refractivity contribution is 6.29. The highest BCUT2D eigenvalue weighted by atomic mass is 35.5. The lowest BCUT2D eigenvalue weighted by Crippen LogP contribution is -2.37. The molecule has 0 N–H and O–H groups in total. The minimum Gasteiger partial charge on any atom is -0.444 e. The van der Waals surface area contributed by atoms with Gasteiger partial charge in [-0.2, -0.15) is 0 Å². The molecule has 0 saturated carbocycles. The first kappa shape index (κ1) is 16.8. The Morgan fingerprint density at radius 3 is 2.86 bits per heavy atom. The van der Waals surface area contributed by atoms with Crippen molar-refractivity contribution in [1.82, 2.24) is 14.9 Å². The zero-order valence-electron chi connectivity index (χ0n) is 13.5. The molecule has 7 heteroatoms. The van der Waals surface area contributed by atoms with Crippen LogP contribution in [0.4, 0.5) is 10.6 Å². The van der Waals surface area contributed by atoms with Gasteiger partial charge in [-0.05, 0) is 33.1 Å². The van der Waals surface area contributed by atoms with Crippen molar-refractivity contribution in [3.05, 3.63) is 17.5 Å². The van der Waals surface area contributed by atoms with Crippen molar-refractivity contribution < 1.29 is 9.53 Å². The van der Waals surface area contributed by atoms with Crippen molar-refractivity contribution in [2.75, 3.05) is 31.6 Å². The Labute approximate surface area is 136 Å². The largest absolute Gasteiger partial charge is 0.444 e. The molecule has 0 spiro atoms. The number of carbonyl (C=O) groups excluding carboxylic acids is 1. The van der Waals surface area contributed by atoms with Gasteiger partial charge in [-0.3, -0.25) is 4.98 Å². The topological polar surface area (TPSA) is 58.6 Å². The van der Waals surface area contributed by atoms with Crippen molar-refractivity contribution in [2.24, 2.45) is 5.92 Å². The molecule has 2 rings (SSSR count). The van der Waals surface area contributed by atoms with Gasteiger partial charge < -0.3 is 14.5 Å². The molecule has 0 aliphatic carbocycles. The van der Waals surface area contributed by atoms with Crippen LogP contribution in [-0.2, 0) is 4.74 Å². The molecule has 0 radical (unpaired) electrons. The van der Waals surface area contributed by atoms with Gasteiger partial charge in [-0.25, -0.2) is 9.78 Å². The quantitative estimate of drug-likeness (QED) is 0.854. The molecule has 1 saturated heterocycles. The van der Waals surface area contributed by atoms with Crippen LogP contribution in [0.3, 0.4) is 0 Å². The van der Waals surface area contributed by atoms with E-state index in [2.05, 4.69) is 14.9 Å². The summed E-state index contributed by atoms with van der Waals surface area (Å²) in [6.45, 7) is 8.00. The van der Waals surface area contributed by atoms with E-state index in [0.717, 1.165) is 25.3 Å². The molecule has 2 heterocycles. The maximum absolute atomic E-state index is 12.0. The van der Waals surface area contributed by atoms with Crippen molar-refractivity contribution in [3.63, 3.8) is 0 Å². The monoisotopic (exact) mass is 326 g/mol. The second-order valence-electron chi connectivity index (χ2n) is 6.66. The molecule has 0 aromatic carbocycles. The minimum atomic E-state index is -0.469. The highest BCUT2D eigenvalue weighted by Gasteiger charge is 2.27. The van der Waals surface area contributed by atoms with Crippen LogP contribution in [0.1, 0.15) is 27.2 Å². The van der Waals surface area contributed by atoms with Gasteiger partial charge in [0.2, 0.25) is 0 Å². The van der Waals surface area contributed by atoms with Crippen LogP contribution in [0.5, 0.6) is 0 Å². The van der Waals surface area contributed by atoms with Gasteiger partial charge in [0, 0.05) is 26.7 Å². The Hall–Kier alpha value is -1.56. The van der Waals surface area contributed by atoms with Crippen molar-refractivity contribution in [2.45, 2.75) is 32.8 Å². The number of carbonyl (C=O) groups is 1. The number of hydrogen-bond acceptors (Lipinski definition) is 5. The zero-order chi connectivity index (χ0) is 16.3. The standard InChI is InChI=1S/C15H23ClN4O2/c1-15(2,3)22-14(21)19(4)9-11-5-6-20(10-11)13-8-17-7-12(16)18-13/h7-8,11H,5-6,9-10H2,1-4H3. The molecule has 1 aromatic rings. The third-order valence-corrected chi connectivity index (χ3v) is 3.62. The molecule has 22 heavy (non-hydrogen) atoms. The van der Waals surface area contributed by atoms with Gasteiger partial charge in [0.05, 0.1) is 12.4 Å². The van der Waals surface area contributed by atoms with E-state index in [1.165, 1.54) is 6.20 Å². The summed E-state index contributed by atoms with van der Waals surface area (Å²) in [6, 6.07) is 0. The number of aromatic nitrogens is 2. The molecule has 1 atom stereocenters. The number of hydrogen-bond donors (Lipinski definition) is 0. The van der Waals surface area contributed by atoms with Gasteiger partial charge in [0.15, 0.2) is 0 Å². The molecule has 1 unspecified atom stereocenters. The van der Waals surface area contributed by atoms with E-state index in [-0.39, 0.29) is 6.09 Å². The summed E-state index contributed by atoms with van der Waals surface area (Å²) in [6.07, 6.45) is 3.95. The van der Waals surface area contributed by atoms with E-state index < -0.39 is 5.60 Å². The summed E-state index contributed by atoms with van der Waals surface area (Å²) in [5.74, 6) is 1.17. The number of amides is 1. The molecule has 122 valence electrons. The summed E-state index contributed by atoms with van der Waals surface area (Å²) in [7, 11) is 1.77.